The van der Waals surface area contributed by atoms with Crippen LogP contribution in [0, 0.1) is 6.92 Å². The summed E-state index contributed by atoms with van der Waals surface area (Å²) in [7, 11) is 1.79. The van der Waals surface area contributed by atoms with Crippen molar-refractivity contribution in [2.24, 2.45) is 7.05 Å². The average molecular weight is 362 g/mol. The zero-order valence-corrected chi connectivity index (χ0v) is 15.7. The molecule has 0 fully saturated rings. The predicted molar refractivity (Wildman–Crippen MR) is 104 cm³/mol. The van der Waals surface area contributed by atoms with Crippen molar-refractivity contribution in [3.63, 3.8) is 0 Å². The lowest BCUT2D eigenvalue weighted by molar-refractivity contribution is -0.115. The molecular formula is C21H22N4O2. The van der Waals surface area contributed by atoms with Crippen LogP contribution in [-0.2, 0) is 24.7 Å². The molecule has 6 nitrogen and oxygen atoms in total. The Morgan fingerprint density at radius 3 is 2.52 bits per heavy atom. The average Bonchev–Trinajstić information content (AvgIpc) is 3.02. The molecule has 3 aromatic rings. The summed E-state index contributed by atoms with van der Waals surface area (Å²) in [6.07, 6.45) is 2.54. The van der Waals surface area contributed by atoms with Crippen molar-refractivity contribution < 1.29 is 9.59 Å². The first kappa shape index (κ1) is 18.5. The molecule has 0 radical (unpaired) electrons. The molecule has 0 unspecified atom stereocenters. The number of ketones is 1. The molecule has 3 rings (SSSR count). The summed E-state index contributed by atoms with van der Waals surface area (Å²) in [5.41, 5.74) is 3.89. The van der Waals surface area contributed by atoms with E-state index in [1.165, 1.54) is 0 Å². The zero-order valence-electron chi connectivity index (χ0n) is 15.7. The molecule has 0 saturated heterocycles. The first-order chi connectivity index (χ1) is 13.0. The van der Waals surface area contributed by atoms with Gasteiger partial charge in [-0.15, -0.1) is 0 Å². The second kappa shape index (κ2) is 7.95. The minimum atomic E-state index is -0.223. The van der Waals surface area contributed by atoms with Crippen molar-refractivity contribution in [2.75, 3.05) is 5.32 Å². The van der Waals surface area contributed by atoms with Crippen molar-refractivity contribution in [3.8, 4) is 0 Å². The van der Waals surface area contributed by atoms with Gasteiger partial charge in [0.25, 0.3) is 0 Å². The predicted octanol–water partition coefficient (Wildman–Crippen LogP) is 3.10. The second-order valence-electron chi connectivity index (χ2n) is 6.41. The third kappa shape index (κ3) is 4.28. The number of aromatic nitrogens is 3. The number of benzene rings is 1. The maximum absolute atomic E-state index is 12.7. The van der Waals surface area contributed by atoms with E-state index in [2.05, 4.69) is 15.3 Å². The van der Waals surface area contributed by atoms with E-state index >= 15 is 0 Å². The largest absolute Gasteiger partial charge is 0.344 e. The molecule has 2 aromatic heterocycles. The van der Waals surface area contributed by atoms with E-state index in [-0.39, 0.29) is 18.1 Å². The van der Waals surface area contributed by atoms with Crippen LogP contribution in [0.4, 0.5) is 5.95 Å². The Hall–Kier alpha value is -3.28. The fourth-order valence-corrected chi connectivity index (χ4v) is 2.80. The molecule has 1 N–H and O–H groups in total. The first-order valence-corrected chi connectivity index (χ1v) is 8.85. The van der Waals surface area contributed by atoms with Gasteiger partial charge < -0.3 is 4.57 Å². The van der Waals surface area contributed by atoms with Crippen LogP contribution in [0.25, 0.3) is 0 Å². The maximum Gasteiger partial charge on any atom is 0.232 e. The van der Waals surface area contributed by atoms with Crippen LogP contribution in [0.5, 0.6) is 0 Å². The number of carbonyl (C=O) groups is 2. The monoisotopic (exact) mass is 362 g/mol. The lowest BCUT2D eigenvalue weighted by Gasteiger charge is -2.08. The van der Waals surface area contributed by atoms with E-state index in [1.54, 1.807) is 29.9 Å². The van der Waals surface area contributed by atoms with Crippen molar-refractivity contribution in [2.45, 2.75) is 26.7 Å². The molecule has 138 valence electrons. The number of aryl methyl sites for hydroxylation is 2. The smallest absolute Gasteiger partial charge is 0.232 e. The summed E-state index contributed by atoms with van der Waals surface area (Å²) >= 11 is 0. The lowest BCUT2D eigenvalue weighted by Crippen LogP contribution is -2.19. The Morgan fingerprint density at radius 2 is 1.81 bits per heavy atom. The highest BCUT2D eigenvalue weighted by Gasteiger charge is 2.16. The third-order valence-electron chi connectivity index (χ3n) is 4.44. The van der Waals surface area contributed by atoms with E-state index in [4.69, 9.17) is 0 Å². The molecule has 0 aliphatic carbocycles. The van der Waals surface area contributed by atoms with Crippen LogP contribution < -0.4 is 5.32 Å². The van der Waals surface area contributed by atoms with Gasteiger partial charge in [-0.1, -0.05) is 36.8 Å². The van der Waals surface area contributed by atoms with Gasteiger partial charge in [0.15, 0.2) is 0 Å². The van der Waals surface area contributed by atoms with E-state index in [9.17, 15) is 9.59 Å². The highest BCUT2D eigenvalue weighted by Crippen LogP contribution is 2.15. The summed E-state index contributed by atoms with van der Waals surface area (Å²) in [6, 6.07) is 12.8. The van der Waals surface area contributed by atoms with Gasteiger partial charge in [-0.25, -0.2) is 9.97 Å². The number of nitrogens with zero attached hydrogens (tertiary/aromatic N) is 3. The molecule has 0 atom stereocenters. The van der Waals surface area contributed by atoms with Crippen molar-refractivity contribution in [3.05, 3.63) is 76.9 Å². The van der Waals surface area contributed by atoms with Gasteiger partial charge >= 0.3 is 0 Å². The molecule has 27 heavy (non-hydrogen) atoms. The molecule has 0 spiro atoms. The number of hydrogen-bond acceptors (Lipinski definition) is 4. The van der Waals surface area contributed by atoms with Crippen LogP contribution in [0.1, 0.15) is 39.9 Å². The molecule has 6 heteroatoms. The SMILES string of the molecule is CCc1ccnc(NC(=O)Cc2ccc(C(=O)c3ccc(C)cc3)n2C)n1. The summed E-state index contributed by atoms with van der Waals surface area (Å²) < 4.78 is 1.76. The molecule has 0 saturated carbocycles. The summed E-state index contributed by atoms with van der Waals surface area (Å²) in [5.74, 6) is 0.00596. The van der Waals surface area contributed by atoms with Gasteiger partial charge in [0.2, 0.25) is 17.6 Å². The maximum atomic E-state index is 12.7. The Kier molecular flexibility index (Phi) is 5.45. The Balaban J connectivity index is 1.72. The minimum Gasteiger partial charge on any atom is -0.344 e. The summed E-state index contributed by atoms with van der Waals surface area (Å²) in [6.45, 7) is 3.97. The normalized spacial score (nSPS) is 10.6. The number of anilines is 1. The quantitative estimate of drug-likeness (QED) is 0.684. The number of rotatable bonds is 6. The lowest BCUT2D eigenvalue weighted by atomic mass is 10.1. The third-order valence-corrected chi connectivity index (χ3v) is 4.44. The first-order valence-electron chi connectivity index (χ1n) is 8.85. The van der Waals surface area contributed by atoms with Crippen molar-refractivity contribution in [1.29, 1.82) is 0 Å². The number of carbonyl (C=O) groups excluding carboxylic acids is 2. The topological polar surface area (TPSA) is 76.9 Å². The fraction of sp³-hybridized carbons (Fsp3) is 0.238. The Labute approximate surface area is 158 Å². The van der Waals surface area contributed by atoms with Gasteiger partial charge in [0.1, 0.15) is 0 Å². The molecule has 1 amide bonds. The van der Waals surface area contributed by atoms with Crippen LogP contribution in [0.2, 0.25) is 0 Å². The van der Waals surface area contributed by atoms with Gasteiger partial charge in [0, 0.05) is 30.2 Å². The van der Waals surface area contributed by atoms with Crippen LogP contribution in [0.3, 0.4) is 0 Å². The van der Waals surface area contributed by atoms with Gasteiger partial charge in [-0.3, -0.25) is 14.9 Å². The molecule has 2 heterocycles. The fourth-order valence-electron chi connectivity index (χ4n) is 2.80. The minimum absolute atomic E-state index is 0.0665. The highest BCUT2D eigenvalue weighted by atomic mass is 16.1. The van der Waals surface area contributed by atoms with Crippen LogP contribution in [0.15, 0.2) is 48.7 Å². The number of amides is 1. The zero-order chi connectivity index (χ0) is 19.4. The number of nitrogens with one attached hydrogen (secondary N) is 1. The molecule has 0 bridgehead atoms. The van der Waals surface area contributed by atoms with Crippen molar-refractivity contribution >= 4 is 17.6 Å². The Morgan fingerprint density at radius 1 is 1.07 bits per heavy atom. The van der Waals surface area contributed by atoms with Crippen LogP contribution >= 0.6 is 0 Å². The standard InChI is InChI=1S/C21H22N4O2/c1-4-16-11-12-22-21(23-16)24-19(26)13-17-9-10-18(25(17)3)20(27)15-7-5-14(2)6-8-15/h5-12H,4,13H2,1-3H3,(H,22,23,24,26). The second-order valence-corrected chi connectivity index (χ2v) is 6.41. The summed E-state index contributed by atoms with van der Waals surface area (Å²) in [4.78, 5) is 33.4. The molecule has 0 aliphatic heterocycles. The number of hydrogen-bond donors (Lipinski definition) is 1. The van der Waals surface area contributed by atoms with Crippen LogP contribution in [-0.4, -0.2) is 26.2 Å². The molecular weight excluding hydrogens is 340 g/mol. The Bertz CT molecular complexity index is 974. The van der Waals surface area contributed by atoms with E-state index in [0.717, 1.165) is 23.4 Å². The highest BCUT2D eigenvalue weighted by molar-refractivity contribution is 6.08. The van der Waals surface area contributed by atoms with Gasteiger partial charge in [-0.2, -0.15) is 0 Å². The summed E-state index contributed by atoms with van der Waals surface area (Å²) in [5, 5.41) is 2.71. The van der Waals surface area contributed by atoms with Gasteiger partial charge in [-0.05, 0) is 31.5 Å². The molecule has 0 aliphatic rings. The van der Waals surface area contributed by atoms with Crippen molar-refractivity contribution in [1.82, 2.24) is 14.5 Å². The molecule has 1 aromatic carbocycles. The van der Waals surface area contributed by atoms with E-state index < -0.39 is 0 Å². The van der Waals surface area contributed by atoms with E-state index in [0.29, 0.717) is 17.2 Å². The van der Waals surface area contributed by atoms with E-state index in [1.807, 2.05) is 44.2 Å². The van der Waals surface area contributed by atoms with Gasteiger partial charge in [0.05, 0.1) is 12.1 Å².